The van der Waals surface area contributed by atoms with Gasteiger partial charge in [0.25, 0.3) is 0 Å². The second kappa shape index (κ2) is 7.36. The van der Waals surface area contributed by atoms with E-state index < -0.39 is 0 Å². The molecule has 1 amide bonds. The lowest BCUT2D eigenvalue weighted by molar-refractivity contribution is -0.148. The molecule has 5 nitrogen and oxygen atoms in total. The van der Waals surface area contributed by atoms with E-state index in [0.717, 1.165) is 19.4 Å². The highest BCUT2D eigenvalue weighted by molar-refractivity contribution is 5.80. The second-order valence-corrected chi connectivity index (χ2v) is 5.08. The van der Waals surface area contributed by atoms with E-state index in [2.05, 4.69) is 19.2 Å². The fourth-order valence-electron chi connectivity index (χ4n) is 2.08. The molecule has 1 unspecified atom stereocenters. The summed E-state index contributed by atoms with van der Waals surface area (Å²) in [5.41, 5.74) is 0. The molecule has 1 heterocycles. The first kappa shape index (κ1) is 15.0. The largest absolute Gasteiger partial charge is 0.465 e. The molecule has 0 aliphatic carbocycles. The van der Waals surface area contributed by atoms with Crippen molar-refractivity contribution in [3.63, 3.8) is 0 Å². The first-order valence-electron chi connectivity index (χ1n) is 6.72. The summed E-state index contributed by atoms with van der Waals surface area (Å²) in [5.74, 6) is 0.222. The molecule has 104 valence electrons. The third-order valence-corrected chi connectivity index (χ3v) is 2.98. The van der Waals surface area contributed by atoms with Gasteiger partial charge in [0.2, 0.25) is 5.91 Å². The van der Waals surface area contributed by atoms with E-state index in [1.807, 2.05) is 4.90 Å². The molecule has 1 aliphatic rings. The summed E-state index contributed by atoms with van der Waals surface area (Å²) in [5, 5.41) is 2.87. The van der Waals surface area contributed by atoms with Crippen molar-refractivity contribution in [1.82, 2.24) is 10.2 Å². The van der Waals surface area contributed by atoms with Crippen LogP contribution in [0.25, 0.3) is 0 Å². The zero-order valence-electron chi connectivity index (χ0n) is 11.6. The molecule has 5 heteroatoms. The predicted molar refractivity (Wildman–Crippen MR) is 69.1 cm³/mol. The van der Waals surface area contributed by atoms with Crippen LogP contribution >= 0.6 is 0 Å². The maximum Gasteiger partial charge on any atom is 0.323 e. The van der Waals surface area contributed by atoms with Crippen LogP contribution in [0.2, 0.25) is 0 Å². The van der Waals surface area contributed by atoms with Crippen molar-refractivity contribution >= 4 is 11.9 Å². The molecule has 1 saturated heterocycles. The van der Waals surface area contributed by atoms with Gasteiger partial charge in [-0.3, -0.25) is 14.5 Å². The molecule has 0 bridgehead atoms. The van der Waals surface area contributed by atoms with Gasteiger partial charge in [-0.05, 0) is 32.2 Å². The Labute approximate surface area is 109 Å². The summed E-state index contributed by atoms with van der Waals surface area (Å²) < 4.78 is 5.02. The zero-order chi connectivity index (χ0) is 13.5. The molecule has 0 aromatic carbocycles. The quantitative estimate of drug-likeness (QED) is 0.714. The number of likely N-dealkylation sites (tertiary alicyclic amines) is 1. The van der Waals surface area contributed by atoms with E-state index >= 15 is 0 Å². The SMILES string of the molecule is CCOC(=O)C1CCCN1CC(=O)NCC(C)C. The van der Waals surface area contributed by atoms with Crippen molar-refractivity contribution in [1.29, 1.82) is 0 Å². The van der Waals surface area contributed by atoms with Crippen molar-refractivity contribution in [2.45, 2.75) is 39.7 Å². The van der Waals surface area contributed by atoms with E-state index in [4.69, 9.17) is 4.74 Å². The zero-order valence-corrected chi connectivity index (χ0v) is 11.6. The lowest BCUT2D eigenvalue weighted by Gasteiger charge is -2.22. The van der Waals surface area contributed by atoms with Gasteiger partial charge in [-0.15, -0.1) is 0 Å². The topological polar surface area (TPSA) is 58.6 Å². The number of nitrogens with zero attached hydrogens (tertiary/aromatic N) is 1. The van der Waals surface area contributed by atoms with Gasteiger partial charge in [-0.1, -0.05) is 13.8 Å². The van der Waals surface area contributed by atoms with E-state index in [9.17, 15) is 9.59 Å². The van der Waals surface area contributed by atoms with Gasteiger partial charge in [0.15, 0.2) is 0 Å². The lowest BCUT2D eigenvalue weighted by Crippen LogP contribution is -2.44. The van der Waals surface area contributed by atoms with Crippen LogP contribution in [0.4, 0.5) is 0 Å². The van der Waals surface area contributed by atoms with E-state index in [1.54, 1.807) is 6.92 Å². The summed E-state index contributed by atoms with van der Waals surface area (Å²) >= 11 is 0. The third-order valence-electron chi connectivity index (χ3n) is 2.98. The molecule has 1 aliphatic heterocycles. The highest BCUT2D eigenvalue weighted by Gasteiger charge is 2.32. The van der Waals surface area contributed by atoms with E-state index in [1.165, 1.54) is 0 Å². The van der Waals surface area contributed by atoms with Gasteiger partial charge in [0, 0.05) is 6.54 Å². The van der Waals surface area contributed by atoms with Crippen molar-refractivity contribution in [2.24, 2.45) is 5.92 Å². The number of carbonyl (C=O) groups excluding carboxylic acids is 2. The van der Waals surface area contributed by atoms with Crippen molar-refractivity contribution in [3.8, 4) is 0 Å². The molecular weight excluding hydrogens is 232 g/mol. The molecule has 0 radical (unpaired) electrons. The van der Waals surface area contributed by atoms with Gasteiger partial charge >= 0.3 is 5.97 Å². The Morgan fingerprint density at radius 3 is 2.78 bits per heavy atom. The molecule has 1 rings (SSSR count). The minimum atomic E-state index is -0.241. The average Bonchev–Trinajstić information content (AvgIpc) is 2.75. The van der Waals surface area contributed by atoms with Crippen LogP contribution in [-0.2, 0) is 14.3 Å². The van der Waals surface area contributed by atoms with E-state index in [-0.39, 0.29) is 24.5 Å². The van der Waals surface area contributed by atoms with Crippen molar-refractivity contribution < 1.29 is 14.3 Å². The van der Waals surface area contributed by atoms with Gasteiger partial charge in [0.1, 0.15) is 6.04 Å². The van der Waals surface area contributed by atoms with Crippen LogP contribution in [-0.4, -0.2) is 49.1 Å². The number of carbonyl (C=O) groups is 2. The van der Waals surface area contributed by atoms with Gasteiger partial charge in [0.05, 0.1) is 13.2 Å². The molecule has 0 aromatic rings. The Balaban J connectivity index is 2.40. The van der Waals surface area contributed by atoms with Crippen molar-refractivity contribution in [2.75, 3.05) is 26.2 Å². The molecule has 0 spiro atoms. The number of hydrogen-bond donors (Lipinski definition) is 1. The third kappa shape index (κ3) is 4.64. The standard InChI is InChI=1S/C13H24N2O3/c1-4-18-13(17)11-6-5-7-15(11)9-12(16)14-8-10(2)3/h10-11H,4-9H2,1-3H3,(H,14,16). The monoisotopic (exact) mass is 256 g/mol. The fourth-order valence-corrected chi connectivity index (χ4v) is 2.08. The summed E-state index contributed by atoms with van der Waals surface area (Å²) in [6, 6.07) is -0.241. The fraction of sp³-hybridized carbons (Fsp3) is 0.846. The van der Waals surface area contributed by atoms with Crippen LogP contribution < -0.4 is 5.32 Å². The molecule has 18 heavy (non-hydrogen) atoms. The normalized spacial score (nSPS) is 20.1. The summed E-state index contributed by atoms with van der Waals surface area (Å²) in [6.45, 7) is 8.05. The number of hydrogen-bond acceptors (Lipinski definition) is 4. The number of amides is 1. The lowest BCUT2D eigenvalue weighted by atomic mass is 10.2. The maximum atomic E-state index is 11.7. The smallest absolute Gasteiger partial charge is 0.323 e. The second-order valence-electron chi connectivity index (χ2n) is 5.08. The highest BCUT2D eigenvalue weighted by atomic mass is 16.5. The molecule has 1 N–H and O–H groups in total. The molecule has 0 aromatic heterocycles. The van der Waals surface area contributed by atoms with Gasteiger partial charge in [-0.25, -0.2) is 0 Å². The summed E-state index contributed by atoms with van der Waals surface area (Å²) in [6.07, 6.45) is 1.73. The Kier molecular flexibility index (Phi) is 6.12. The van der Waals surface area contributed by atoms with Crippen molar-refractivity contribution in [3.05, 3.63) is 0 Å². The molecular formula is C13H24N2O3. The molecule has 1 atom stereocenters. The first-order chi connectivity index (χ1) is 8.54. The summed E-state index contributed by atoms with van der Waals surface area (Å²) in [7, 11) is 0. The van der Waals surface area contributed by atoms with Gasteiger partial charge in [-0.2, -0.15) is 0 Å². The maximum absolute atomic E-state index is 11.7. The van der Waals surface area contributed by atoms with Crippen LogP contribution in [0, 0.1) is 5.92 Å². The van der Waals surface area contributed by atoms with Crippen LogP contribution in [0.15, 0.2) is 0 Å². The van der Waals surface area contributed by atoms with Crippen LogP contribution in [0.1, 0.15) is 33.6 Å². The Morgan fingerprint density at radius 2 is 2.17 bits per heavy atom. The molecule has 0 saturated carbocycles. The Morgan fingerprint density at radius 1 is 1.44 bits per heavy atom. The minimum Gasteiger partial charge on any atom is -0.465 e. The highest BCUT2D eigenvalue weighted by Crippen LogP contribution is 2.17. The average molecular weight is 256 g/mol. The number of rotatable bonds is 6. The Bertz CT molecular complexity index is 292. The number of ether oxygens (including phenoxy) is 1. The number of esters is 1. The predicted octanol–water partition coefficient (Wildman–Crippen LogP) is 0.786. The van der Waals surface area contributed by atoms with E-state index in [0.29, 0.717) is 19.1 Å². The van der Waals surface area contributed by atoms with Crippen LogP contribution in [0.5, 0.6) is 0 Å². The molecule has 1 fully saturated rings. The van der Waals surface area contributed by atoms with Crippen LogP contribution in [0.3, 0.4) is 0 Å². The number of nitrogens with one attached hydrogen (secondary N) is 1. The van der Waals surface area contributed by atoms with Gasteiger partial charge < -0.3 is 10.1 Å². The Hall–Kier alpha value is -1.10. The first-order valence-corrected chi connectivity index (χ1v) is 6.72. The summed E-state index contributed by atoms with van der Waals surface area (Å²) in [4.78, 5) is 25.3. The minimum absolute atomic E-state index is 0.0140.